The number of aromatic nitrogens is 1. The lowest BCUT2D eigenvalue weighted by atomic mass is 10.1. The van der Waals surface area contributed by atoms with Crippen molar-refractivity contribution in [3.63, 3.8) is 0 Å². The molecule has 5 heteroatoms. The van der Waals surface area contributed by atoms with E-state index in [1.54, 1.807) is 11.6 Å². The van der Waals surface area contributed by atoms with Crippen LogP contribution in [0.3, 0.4) is 0 Å². The number of para-hydroxylation sites is 1. The number of benzene rings is 1. The normalized spacial score (nSPS) is 24.1. The van der Waals surface area contributed by atoms with Crippen molar-refractivity contribution in [1.29, 1.82) is 0 Å². The van der Waals surface area contributed by atoms with Crippen LogP contribution in [0.25, 0.3) is 11.1 Å². The van der Waals surface area contributed by atoms with Gasteiger partial charge in [0, 0.05) is 32.2 Å². The van der Waals surface area contributed by atoms with Crippen LogP contribution >= 0.6 is 0 Å². The highest BCUT2D eigenvalue weighted by Gasteiger charge is 2.25. The van der Waals surface area contributed by atoms with Crippen molar-refractivity contribution < 1.29 is 4.42 Å². The highest BCUT2D eigenvalue weighted by atomic mass is 16.4. The lowest BCUT2D eigenvalue weighted by molar-refractivity contribution is 0.397. The van der Waals surface area contributed by atoms with E-state index in [0.29, 0.717) is 17.7 Å². The molecule has 0 saturated carbocycles. The molecule has 19 heavy (non-hydrogen) atoms. The predicted molar refractivity (Wildman–Crippen MR) is 74.7 cm³/mol. The van der Waals surface area contributed by atoms with Crippen molar-refractivity contribution in [1.82, 2.24) is 9.88 Å². The number of oxazole rings is 1. The van der Waals surface area contributed by atoms with Crippen molar-refractivity contribution in [2.45, 2.75) is 25.9 Å². The van der Waals surface area contributed by atoms with E-state index in [9.17, 15) is 4.79 Å². The first-order valence-corrected chi connectivity index (χ1v) is 6.59. The molecule has 3 rings (SSSR count). The van der Waals surface area contributed by atoms with Crippen molar-refractivity contribution in [3.8, 4) is 0 Å². The van der Waals surface area contributed by atoms with E-state index >= 15 is 0 Å². The minimum atomic E-state index is -0.315. The molecule has 0 aliphatic carbocycles. The Morgan fingerprint density at radius 1 is 1.26 bits per heavy atom. The Morgan fingerprint density at radius 3 is 2.63 bits per heavy atom. The summed E-state index contributed by atoms with van der Waals surface area (Å²) in [4.78, 5) is 13.9. The molecule has 101 valence electrons. The number of hydrogen-bond acceptors (Lipinski definition) is 3. The maximum atomic E-state index is 11.7. The van der Waals surface area contributed by atoms with Gasteiger partial charge in [0.1, 0.15) is 0 Å². The lowest BCUT2D eigenvalue weighted by Gasteiger charge is -2.36. The number of rotatable bonds is 1. The third-order valence-corrected chi connectivity index (χ3v) is 3.62. The number of piperazine rings is 1. The molecule has 1 aromatic heterocycles. The van der Waals surface area contributed by atoms with Crippen LogP contribution in [0.4, 0.5) is 5.69 Å². The van der Waals surface area contributed by atoms with Gasteiger partial charge in [0.05, 0.1) is 11.2 Å². The Bertz CT molecular complexity index is 648. The van der Waals surface area contributed by atoms with Gasteiger partial charge in [-0.05, 0) is 26.0 Å². The van der Waals surface area contributed by atoms with Crippen LogP contribution in [0.15, 0.2) is 27.4 Å². The highest BCUT2D eigenvalue weighted by Crippen LogP contribution is 2.27. The zero-order valence-electron chi connectivity index (χ0n) is 11.5. The first-order valence-electron chi connectivity index (χ1n) is 6.59. The zero-order chi connectivity index (χ0) is 13.6. The molecule has 1 radical (unpaired) electrons. The van der Waals surface area contributed by atoms with E-state index in [-0.39, 0.29) is 5.76 Å². The van der Waals surface area contributed by atoms with Gasteiger partial charge in [-0.3, -0.25) is 4.57 Å². The molecule has 0 spiro atoms. The average Bonchev–Trinajstić information content (AvgIpc) is 2.64. The number of hydrogen-bond donors (Lipinski definition) is 0. The Balaban J connectivity index is 2.10. The molecule has 0 N–H and O–H groups in total. The maximum Gasteiger partial charge on any atom is 0.419 e. The monoisotopic (exact) mass is 260 g/mol. The molecule has 0 unspecified atom stereocenters. The molecule has 1 aliphatic heterocycles. The Hall–Kier alpha value is -1.75. The van der Waals surface area contributed by atoms with Crippen LogP contribution in [0.5, 0.6) is 0 Å². The molecular formula is C14H18N3O2. The van der Waals surface area contributed by atoms with E-state index in [0.717, 1.165) is 24.3 Å². The van der Waals surface area contributed by atoms with Gasteiger partial charge >= 0.3 is 5.76 Å². The molecule has 5 nitrogen and oxygen atoms in total. The fourth-order valence-corrected chi connectivity index (χ4v) is 2.82. The lowest BCUT2D eigenvalue weighted by Crippen LogP contribution is -2.50. The number of nitrogens with zero attached hydrogens (tertiary/aromatic N) is 3. The Labute approximate surface area is 111 Å². The second kappa shape index (κ2) is 4.42. The van der Waals surface area contributed by atoms with E-state index in [2.05, 4.69) is 24.1 Å². The molecule has 2 aromatic rings. The minimum Gasteiger partial charge on any atom is -0.405 e. The van der Waals surface area contributed by atoms with Gasteiger partial charge in [-0.15, -0.1) is 0 Å². The third kappa shape index (κ3) is 2.04. The van der Waals surface area contributed by atoms with E-state index in [1.165, 1.54) is 0 Å². The molecule has 2 atom stereocenters. The summed E-state index contributed by atoms with van der Waals surface area (Å²) in [6.45, 7) is 5.96. The van der Waals surface area contributed by atoms with Crippen LogP contribution in [0.1, 0.15) is 13.8 Å². The van der Waals surface area contributed by atoms with Gasteiger partial charge in [0.25, 0.3) is 0 Å². The summed E-state index contributed by atoms with van der Waals surface area (Å²) in [5, 5.41) is 4.62. The molecule has 0 amide bonds. The van der Waals surface area contributed by atoms with Gasteiger partial charge in [-0.2, -0.15) is 0 Å². The summed E-state index contributed by atoms with van der Waals surface area (Å²) >= 11 is 0. The highest BCUT2D eigenvalue weighted by molar-refractivity contribution is 5.87. The second-order valence-corrected chi connectivity index (χ2v) is 5.30. The van der Waals surface area contributed by atoms with Crippen molar-refractivity contribution in [2.24, 2.45) is 7.05 Å². The SMILES string of the molecule is C[C@@H]1CN(c2cccc3c2oc(=O)n3C)C[C@H](C)[N]1. The zero-order valence-corrected chi connectivity index (χ0v) is 11.5. The van der Waals surface area contributed by atoms with Gasteiger partial charge in [-0.25, -0.2) is 10.1 Å². The summed E-state index contributed by atoms with van der Waals surface area (Å²) in [6.07, 6.45) is 0. The molecule has 1 saturated heterocycles. The summed E-state index contributed by atoms with van der Waals surface area (Å²) in [5.74, 6) is -0.315. The Kier molecular flexibility index (Phi) is 2.86. The topological polar surface area (TPSA) is 52.5 Å². The van der Waals surface area contributed by atoms with E-state index in [4.69, 9.17) is 4.42 Å². The molecule has 1 fully saturated rings. The summed E-state index contributed by atoms with van der Waals surface area (Å²) < 4.78 is 6.93. The van der Waals surface area contributed by atoms with Gasteiger partial charge in [0.2, 0.25) is 0 Å². The van der Waals surface area contributed by atoms with Gasteiger partial charge < -0.3 is 9.32 Å². The summed E-state index contributed by atoms with van der Waals surface area (Å²) in [5.41, 5.74) is 2.51. The second-order valence-electron chi connectivity index (χ2n) is 5.30. The maximum absolute atomic E-state index is 11.7. The standard InChI is InChI=1S/C14H18N3O2/c1-9-7-17(8-10(2)15-9)12-6-4-5-11-13(12)19-14(18)16(11)3/h4-6,9-10H,7-8H2,1-3H3/t9-,10+. The van der Waals surface area contributed by atoms with Crippen LogP contribution in [0.2, 0.25) is 0 Å². The van der Waals surface area contributed by atoms with Crippen LogP contribution in [-0.2, 0) is 7.05 Å². The third-order valence-electron chi connectivity index (χ3n) is 3.62. The minimum absolute atomic E-state index is 0.300. The van der Waals surface area contributed by atoms with Gasteiger partial charge in [0.15, 0.2) is 5.58 Å². The molecule has 0 bridgehead atoms. The molecule has 1 aliphatic rings. The van der Waals surface area contributed by atoms with Gasteiger partial charge in [-0.1, -0.05) is 6.07 Å². The first kappa shape index (κ1) is 12.3. The van der Waals surface area contributed by atoms with Crippen LogP contribution < -0.4 is 16.0 Å². The molecule has 1 aromatic carbocycles. The Morgan fingerprint density at radius 2 is 1.95 bits per heavy atom. The van der Waals surface area contributed by atoms with E-state index < -0.39 is 0 Å². The van der Waals surface area contributed by atoms with Crippen molar-refractivity contribution in [2.75, 3.05) is 18.0 Å². The number of fused-ring (bicyclic) bond motifs is 1. The van der Waals surface area contributed by atoms with Crippen molar-refractivity contribution >= 4 is 16.8 Å². The number of anilines is 1. The van der Waals surface area contributed by atoms with Crippen LogP contribution in [-0.4, -0.2) is 29.7 Å². The van der Waals surface area contributed by atoms with Crippen LogP contribution in [0, 0.1) is 0 Å². The molecular weight excluding hydrogens is 242 g/mol. The fraction of sp³-hybridized carbons (Fsp3) is 0.500. The molecule has 2 heterocycles. The largest absolute Gasteiger partial charge is 0.419 e. The number of aryl methyl sites for hydroxylation is 1. The smallest absolute Gasteiger partial charge is 0.405 e. The summed E-state index contributed by atoms with van der Waals surface area (Å²) in [6, 6.07) is 6.48. The fourth-order valence-electron chi connectivity index (χ4n) is 2.82. The van der Waals surface area contributed by atoms with E-state index in [1.807, 2.05) is 18.2 Å². The quantitative estimate of drug-likeness (QED) is 0.777. The predicted octanol–water partition coefficient (Wildman–Crippen LogP) is 1.33. The average molecular weight is 260 g/mol. The summed E-state index contributed by atoms with van der Waals surface area (Å²) in [7, 11) is 1.73. The first-order chi connectivity index (χ1) is 9.06. The van der Waals surface area contributed by atoms with Crippen molar-refractivity contribution in [3.05, 3.63) is 28.7 Å².